The molecule has 1 N–H and O–H groups in total. The molecule has 0 radical (unpaired) electrons. The van der Waals surface area contributed by atoms with Crippen molar-refractivity contribution in [3.8, 4) is 0 Å². The zero-order valence-electron chi connectivity index (χ0n) is 8.78. The van der Waals surface area contributed by atoms with E-state index in [0.717, 1.165) is 5.82 Å². The fraction of sp³-hybridized carbons (Fsp3) is 0.364. The molecule has 3 nitrogen and oxygen atoms in total. The van der Waals surface area contributed by atoms with Crippen LogP contribution in [0.5, 0.6) is 0 Å². The average molecular weight is 189 g/mol. The first-order valence-corrected chi connectivity index (χ1v) is 4.84. The second kappa shape index (κ2) is 3.42. The number of hydrogen-bond acceptors (Lipinski definition) is 2. The van der Waals surface area contributed by atoms with E-state index < -0.39 is 0 Å². The van der Waals surface area contributed by atoms with Gasteiger partial charge in [0.25, 0.3) is 0 Å². The molecular weight excluding hydrogens is 174 g/mol. The van der Waals surface area contributed by atoms with Crippen molar-refractivity contribution in [2.75, 3.05) is 7.05 Å². The maximum Gasteiger partial charge on any atom is 0.130 e. The standard InChI is InChI=1S/C11H15N3/c1-8-5-4-6-14-10(8)7-13-11(14)9(2)12-3/h4-7,9,12H,1-3H3. The molecule has 0 bridgehead atoms. The van der Waals surface area contributed by atoms with Gasteiger partial charge in [0.2, 0.25) is 0 Å². The molecule has 2 rings (SSSR count). The lowest BCUT2D eigenvalue weighted by atomic mass is 10.2. The first-order valence-electron chi connectivity index (χ1n) is 4.84. The zero-order valence-corrected chi connectivity index (χ0v) is 8.78. The van der Waals surface area contributed by atoms with Gasteiger partial charge >= 0.3 is 0 Å². The molecule has 0 saturated heterocycles. The lowest BCUT2D eigenvalue weighted by Crippen LogP contribution is -2.15. The Bertz CT molecular complexity index is 445. The van der Waals surface area contributed by atoms with E-state index in [2.05, 4.69) is 46.9 Å². The van der Waals surface area contributed by atoms with Gasteiger partial charge in [0.15, 0.2) is 0 Å². The van der Waals surface area contributed by atoms with Gasteiger partial charge in [-0.25, -0.2) is 4.98 Å². The monoisotopic (exact) mass is 189 g/mol. The van der Waals surface area contributed by atoms with E-state index in [1.54, 1.807) is 0 Å². The molecular formula is C11H15N3. The smallest absolute Gasteiger partial charge is 0.130 e. The molecule has 0 aromatic carbocycles. The summed E-state index contributed by atoms with van der Waals surface area (Å²) in [7, 11) is 1.95. The largest absolute Gasteiger partial charge is 0.311 e. The van der Waals surface area contributed by atoms with E-state index in [4.69, 9.17) is 0 Å². The fourth-order valence-electron chi connectivity index (χ4n) is 1.63. The van der Waals surface area contributed by atoms with Gasteiger partial charge in [-0.15, -0.1) is 0 Å². The number of fused-ring (bicyclic) bond motifs is 1. The molecule has 1 atom stereocenters. The summed E-state index contributed by atoms with van der Waals surface area (Å²) in [5, 5.41) is 3.20. The molecule has 1 unspecified atom stereocenters. The van der Waals surface area contributed by atoms with Crippen LogP contribution < -0.4 is 5.32 Å². The van der Waals surface area contributed by atoms with Crippen LogP contribution in [0.25, 0.3) is 5.52 Å². The molecule has 0 aliphatic carbocycles. The van der Waals surface area contributed by atoms with Crippen molar-refractivity contribution in [1.29, 1.82) is 0 Å². The highest BCUT2D eigenvalue weighted by Gasteiger charge is 2.09. The summed E-state index contributed by atoms with van der Waals surface area (Å²) in [6, 6.07) is 4.43. The van der Waals surface area contributed by atoms with E-state index in [0.29, 0.717) is 0 Å². The minimum atomic E-state index is 0.277. The highest BCUT2D eigenvalue weighted by Crippen LogP contribution is 2.16. The third-order valence-electron chi connectivity index (χ3n) is 2.63. The number of nitrogens with zero attached hydrogens (tertiary/aromatic N) is 2. The number of aryl methyl sites for hydroxylation is 1. The number of imidazole rings is 1. The lowest BCUT2D eigenvalue weighted by Gasteiger charge is -2.09. The molecule has 0 spiro atoms. The first kappa shape index (κ1) is 9.21. The predicted octanol–water partition coefficient (Wildman–Crippen LogP) is 1.92. The maximum atomic E-state index is 4.43. The average Bonchev–Trinajstić information content (AvgIpc) is 2.62. The Labute approximate surface area is 83.8 Å². The SMILES string of the molecule is CNC(C)c1ncc2c(C)cccn12. The highest BCUT2D eigenvalue weighted by atomic mass is 15.1. The van der Waals surface area contributed by atoms with Crippen LogP contribution >= 0.6 is 0 Å². The van der Waals surface area contributed by atoms with Gasteiger partial charge in [-0.2, -0.15) is 0 Å². The van der Waals surface area contributed by atoms with Crippen molar-refractivity contribution in [3.05, 3.63) is 35.9 Å². The fourth-order valence-corrected chi connectivity index (χ4v) is 1.63. The Kier molecular flexibility index (Phi) is 2.25. The molecule has 0 aliphatic heterocycles. The van der Waals surface area contributed by atoms with Gasteiger partial charge < -0.3 is 9.72 Å². The van der Waals surface area contributed by atoms with Gasteiger partial charge in [-0.1, -0.05) is 6.07 Å². The van der Waals surface area contributed by atoms with Crippen LogP contribution in [0.3, 0.4) is 0 Å². The predicted molar refractivity (Wildman–Crippen MR) is 57.4 cm³/mol. The number of aromatic nitrogens is 2. The Morgan fingerprint density at radius 1 is 1.50 bits per heavy atom. The molecule has 2 heterocycles. The highest BCUT2D eigenvalue weighted by molar-refractivity contribution is 5.53. The van der Waals surface area contributed by atoms with Crippen LogP contribution in [0.15, 0.2) is 24.5 Å². The second-order valence-electron chi connectivity index (χ2n) is 3.57. The topological polar surface area (TPSA) is 29.3 Å². The normalized spacial score (nSPS) is 13.4. The Balaban J connectivity index is 2.63. The molecule has 14 heavy (non-hydrogen) atoms. The molecule has 2 aromatic rings. The van der Waals surface area contributed by atoms with E-state index in [1.807, 2.05) is 13.2 Å². The van der Waals surface area contributed by atoms with E-state index in [-0.39, 0.29) is 6.04 Å². The van der Waals surface area contributed by atoms with E-state index >= 15 is 0 Å². The third kappa shape index (κ3) is 1.30. The second-order valence-corrected chi connectivity index (χ2v) is 3.57. The Morgan fingerprint density at radius 3 is 3.00 bits per heavy atom. The van der Waals surface area contributed by atoms with Gasteiger partial charge in [0.05, 0.1) is 17.8 Å². The van der Waals surface area contributed by atoms with Crippen LogP contribution in [0.1, 0.15) is 24.4 Å². The van der Waals surface area contributed by atoms with Crippen LogP contribution in [0.4, 0.5) is 0 Å². The Hall–Kier alpha value is -1.35. The number of hydrogen-bond donors (Lipinski definition) is 1. The summed E-state index contributed by atoms with van der Waals surface area (Å²) in [4.78, 5) is 4.43. The number of pyridine rings is 1. The number of rotatable bonds is 2. The molecule has 0 fully saturated rings. The summed E-state index contributed by atoms with van der Waals surface area (Å²) >= 11 is 0. The molecule has 74 valence electrons. The lowest BCUT2D eigenvalue weighted by molar-refractivity contribution is 0.608. The summed E-state index contributed by atoms with van der Waals surface area (Å²) in [6.45, 7) is 4.21. The molecule has 0 saturated carbocycles. The van der Waals surface area contributed by atoms with E-state index in [1.165, 1.54) is 11.1 Å². The van der Waals surface area contributed by atoms with Gasteiger partial charge in [0, 0.05) is 6.20 Å². The van der Waals surface area contributed by atoms with Crippen molar-refractivity contribution >= 4 is 5.52 Å². The molecule has 2 aromatic heterocycles. The van der Waals surface area contributed by atoms with Crippen molar-refractivity contribution in [1.82, 2.24) is 14.7 Å². The minimum absolute atomic E-state index is 0.277. The third-order valence-corrected chi connectivity index (χ3v) is 2.63. The summed E-state index contributed by atoms with van der Waals surface area (Å²) in [5.74, 6) is 1.06. The zero-order chi connectivity index (χ0) is 10.1. The van der Waals surface area contributed by atoms with Crippen LogP contribution in [0, 0.1) is 6.92 Å². The van der Waals surface area contributed by atoms with Gasteiger partial charge in [-0.3, -0.25) is 0 Å². The van der Waals surface area contributed by atoms with Crippen LogP contribution in [0.2, 0.25) is 0 Å². The Morgan fingerprint density at radius 2 is 2.29 bits per heavy atom. The summed E-state index contributed by atoms with van der Waals surface area (Å²) < 4.78 is 2.14. The van der Waals surface area contributed by atoms with Crippen LogP contribution in [-0.2, 0) is 0 Å². The molecule has 3 heteroatoms. The molecule has 0 amide bonds. The van der Waals surface area contributed by atoms with Gasteiger partial charge in [-0.05, 0) is 32.5 Å². The van der Waals surface area contributed by atoms with Crippen molar-refractivity contribution < 1.29 is 0 Å². The first-order chi connectivity index (χ1) is 6.74. The van der Waals surface area contributed by atoms with E-state index in [9.17, 15) is 0 Å². The summed E-state index contributed by atoms with van der Waals surface area (Å²) in [6.07, 6.45) is 3.98. The quantitative estimate of drug-likeness (QED) is 0.782. The molecule has 0 aliphatic rings. The van der Waals surface area contributed by atoms with Crippen molar-refractivity contribution in [2.24, 2.45) is 0 Å². The van der Waals surface area contributed by atoms with Crippen molar-refractivity contribution in [3.63, 3.8) is 0 Å². The van der Waals surface area contributed by atoms with Crippen molar-refractivity contribution in [2.45, 2.75) is 19.9 Å². The maximum absolute atomic E-state index is 4.43. The van der Waals surface area contributed by atoms with Crippen LogP contribution in [-0.4, -0.2) is 16.4 Å². The number of nitrogens with one attached hydrogen (secondary N) is 1. The van der Waals surface area contributed by atoms with Gasteiger partial charge in [0.1, 0.15) is 5.82 Å². The minimum Gasteiger partial charge on any atom is -0.311 e. The summed E-state index contributed by atoms with van der Waals surface area (Å²) in [5.41, 5.74) is 2.44.